The van der Waals surface area contributed by atoms with Crippen molar-refractivity contribution in [3.05, 3.63) is 167 Å². The van der Waals surface area contributed by atoms with E-state index in [0.717, 1.165) is 0 Å². The zero-order valence-electron chi connectivity index (χ0n) is 80.5. The Balaban J connectivity index is 0.000000223. The number of aromatic nitrogens is 16. The van der Waals surface area contributed by atoms with Crippen LogP contribution in [0.2, 0.25) is 36.3 Å². The van der Waals surface area contributed by atoms with Crippen LogP contribution in [0, 0.1) is 34.5 Å². The second-order valence-electron chi connectivity index (χ2n) is 36.9. The Kier molecular flexibility index (Phi) is 37.1. The fourth-order valence-corrected chi connectivity index (χ4v) is 22.0. The lowest BCUT2D eigenvalue weighted by atomic mass is 10.1. The van der Waals surface area contributed by atoms with Crippen LogP contribution in [0.5, 0.6) is 0 Å². The van der Waals surface area contributed by atoms with E-state index >= 15 is 9.13 Å². The lowest BCUT2D eigenvalue weighted by molar-refractivity contribution is -0.119. The third-order valence-electron chi connectivity index (χ3n) is 24.3. The van der Waals surface area contributed by atoms with Crippen molar-refractivity contribution >= 4 is 178 Å². The molecule has 6 aliphatic rings. The van der Waals surface area contributed by atoms with Crippen molar-refractivity contribution in [3.63, 3.8) is 0 Å². The van der Waals surface area contributed by atoms with E-state index in [1.165, 1.54) is 51.7 Å². The third-order valence-corrected chi connectivity index (χ3v) is 38.0. The summed E-state index contributed by atoms with van der Waals surface area (Å²) in [7, 11) is -22.9. The highest BCUT2D eigenvalue weighted by Crippen LogP contribution is 2.60. The summed E-state index contributed by atoms with van der Waals surface area (Å²) in [4.78, 5) is 150. The van der Waals surface area contributed by atoms with Gasteiger partial charge in [-0.3, -0.25) is 104 Å². The molecule has 0 radical (unpaired) electrons. The number of aromatic amines is 2. The lowest BCUT2D eigenvalue weighted by Gasteiger charge is -2.40. The monoisotopic (exact) mass is 2330 g/mol. The molecule has 8 bridgehead atoms. The highest BCUT2D eigenvalue weighted by atomic mass is 128. The number of nitrogens with one attached hydrogen (secondary N) is 6. The number of nitrogens with zero attached hydrogens (tertiary/aromatic N) is 16. The number of carbonyl (C=O) groups is 4. The molecule has 4 amide bonds. The molecule has 3 aromatic carbocycles. The highest BCUT2D eigenvalue weighted by molar-refractivity contribution is 15.0. The maximum atomic E-state index is 15.1. The van der Waals surface area contributed by atoms with Gasteiger partial charge in [-0.05, 0) is 60.5 Å². The van der Waals surface area contributed by atoms with Crippen LogP contribution in [-0.4, -0.2) is 229 Å². The number of imidazole rings is 4. The fourth-order valence-electron chi connectivity index (χ4n) is 15.0. The number of hydrogen-bond acceptors (Lipinski definition) is 39. The first kappa shape index (κ1) is 112. The number of benzene rings is 3. The third kappa shape index (κ3) is 26.4. The number of fused-ring (bicyclic) bond motifs is 12. The van der Waals surface area contributed by atoms with Gasteiger partial charge >= 0.3 is 32.1 Å². The van der Waals surface area contributed by atoms with Crippen molar-refractivity contribution in [2.45, 2.75) is 217 Å². The number of H-pyrrole nitrogens is 2. The van der Waals surface area contributed by atoms with Crippen LogP contribution in [0.4, 0.5) is 23.5 Å². The van der Waals surface area contributed by atoms with Crippen LogP contribution in [0.15, 0.2) is 145 Å². The summed E-state index contributed by atoms with van der Waals surface area (Å²) in [5.74, 6) is -2.76. The van der Waals surface area contributed by atoms with Crippen molar-refractivity contribution in [1.82, 2.24) is 84.2 Å². The number of hydrogen-bond donors (Lipinski definition) is 9. The summed E-state index contributed by atoms with van der Waals surface area (Å²) in [6.45, 7) is 23.8. The molecule has 11 aromatic rings. The number of ether oxygens (including phenoxy) is 4. The number of phosphoric ester groups is 3. The molecule has 50 nitrogen and oxygen atoms in total. The minimum absolute atomic E-state index is 0. The van der Waals surface area contributed by atoms with Crippen LogP contribution < -0.4 is 38.5 Å². The Bertz CT molecular complexity index is 6690. The van der Waals surface area contributed by atoms with Crippen molar-refractivity contribution in [1.29, 1.82) is 10.5 Å². The molecule has 0 spiro atoms. The minimum Gasteiger partial charge on any atom is -0.408 e. The second-order valence-corrected chi connectivity index (χ2v) is 52.0. The Morgan fingerprint density at radius 3 is 1.28 bits per heavy atom. The van der Waals surface area contributed by atoms with E-state index in [9.17, 15) is 53.6 Å². The van der Waals surface area contributed by atoms with Gasteiger partial charge < -0.3 is 63.4 Å². The first-order valence-corrected chi connectivity index (χ1v) is 62.7. The van der Waals surface area contributed by atoms with Crippen molar-refractivity contribution in [2.75, 3.05) is 60.9 Å². The zero-order valence-corrected chi connectivity index (χ0v) is 90.4. The van der Waals surface area contributed by atoms with E-state index in [0.29, 0.717) is 11.1 Å². The first-order valence-electron chi connectivity index (χ1n) is 45.1. The minimum atomic E-state index is -5.05. The molecule has 6 saturated heterocycles. The average Bonchev–Trinajstić information content (AvgIpc) is 1.60. The van der Waals surface area contributed by atoms with Crippen LogP contribution in [0.1, 0.15) is 141 Å². The molecule has 4 unspecified atom stereocenters. The van der Waals surface area contributed by atoms with Crippen LogP contribution in [0.3, 0.4) is 0 Å². The number of rotatable bonds is 22. The number of anilines is 4. The molecule has 17 rings (SSSR count). The molecular weight excluding hydrogens is 2220 g/mol. The number of amides is 4. The van der Waals surface area contributed by atoms with Crippen molar-refractivity contribution < 1.29 is 116 Å². The molecule has 0 saturated carbocycles. The van der Waals surface area contributed by atoms with Gasteiger partial charge in [0.1, 0.15) is 61.5 Å². The van der Waals surface area contributed by atoms with Gasteiger partial charge in [0.15, 0.2) is 97.8 Å². The van der Waals surface area contributed by atoms with E-state index < -0.39 is 213 Å². The predicted octanol–water partition coefficient (Wildman–Crippen LogP) is 14.4. The number of carbonyl (C=O) groups excluding carboxylic acids is 4. The summed E-state index contributed by atoms with van der Waals surface area (Å²) in [5, 5.41) is 28.7. The normalized spacial score (nSPS) is 26.3. The zero-order chi connectivity index (χ0) is 103. The van der Waals surface area contributed by atoms with Crippen LogP contribution >= 0.6 is 69.3 Å². The van der Waals surface area contributed by atoms with E-state index in [-0.39, 0.29) is 118 Å². The fraction of sp³-hybridized carbons (Fsp3) is 0.488. The SMILES string of the molecule is CC(C)C(=O)Nc1nc2c(ncn2[C@@H]2O[C@@H]3COP(=O)(O)O[C@@H]4C[C@@H](COP(=O)(OCCC#N)O[C@@H]2[C@@H]3O[Si](C)(C)C(C)(C)C)O[C@H]4n2cnc3c(NC(=O)c4ccccc4)ncnc32)c(=O)[nH]1.CC(C)C(=O)Nc1nc2c(ncn2[C@@H]2O[C@@H]3COP(O)O[C@@H]4C[C@@H](COP(=O)(OCCC#N)O[C@@H]2[C@@H]3O[Si](C)(C)C(C)(C)C)O[C@H]4n2cnc3c(NC(=O)c4ccccc4)ncnc32)c(=O)[nH]1.II.N.c1ccccc1. The van der Waals surface area contributed by atoms with Gasteiger partial charge in [0, 0.05) is 73.0 Å². The molecule has 774 valence electrons. The van der Waals surface area contributed by atoms with Gasteiger partial charge in [-0.15, -0.1) is 0 Å². The summed E-state index contributed by atoms with van der Waals surface area (Å²) in [6.07, 6.45) is -9.48. The number of nitriles is 2. The largest absolute Gasteiger partial charge is 0.475 e. The van der Waals surface area contributed by atoms with Crippen molar-refractivity contribution in [3.8, 4) is 12.1 Å². The van der Waals surface area contributed by atoms with Gasteiger partial charge in [-0.1, -0.05) is 142 Å². The lowest BCUT2D eigenvalue weighted by Crippen LogP contribution is -2.50. The molecule has 144 heavy (non-hydrogen) atoms. The molecule has 11 N–H and O–H groups in total. The van der Waals surface area contributed by atoms with Gasteiger partial charge in [0.05, 0.1) is 102 Å². The maximum Gasteiger partial charge on any atom is 0.475 e. The smallest absolute Gasteiger partial charge is 0.408 e. The van der Waals surface area contributed by atoms with E-state index in [1.807, 2.05) is 116 Å². The summed E-state index contributed by atoms with van der Waals surface area (Å²) in [6, 6.07) is 32.9. The Morgan fingerprint density at radius 1 is 0.514 bits per heavy atom. The Labute approximate surface area is 851 Å². The molecule has 18 atom stereocenters. The number of halogens is 2. The van der Waals surface area contributed by atoms with Gasteiger partial charge in [0.25, 0.3) is 22.9 Å². The first-order chi connectivity index (χ1) is 68.0. The number of phosphoric acid groups is 3. The molecule has 14 heterocycles. The summed E-state index contributed by atoms with van der Waals surface area (Å²) in [5.41, 5.74) is -0.167. The Hall–Kier alpha value is -9.43. The molecule has 0 aliphatic carbocycles. The quantitative estimate of drug-likeness (QED) is 0.0132. The standard InChI is InChI=1S/C40H51N11O14P2Si.C40H51N11O13P2Si.C6H6.I2.H3N/c1-22(2)34(52)48-39-47-33-28(36(54)49-39)45-21-51(33)38-30-29(65-68(6,7)40(3,4)5)26(62-38)18-59-66(55,56)63-25-16-24(17-60-67(57,64-30)58-15-11-14-41)61-37(25)50-20-44-27-31(42-19-43-32(27)50)46-35(53)23-12-9-8-10-13-23;1-22(2)34(52)48-39-47-33-28(36(54)49-39)45-21-51(33)38-30-29(64-67(6,7)40(3,4)5)26(61-38)18-57-65(55)62-25-16-24(17-59-66(56,63-30)58-15-11-14-41)60-37(25)50-20-44-27-31(42-19-43-32(27)50)46-35(53)23-12-9-8-10-13-23;1-2-4-6-5-3-1;1-2;/h8-10,12-13,19-22,24-26,29-30,37-38H,11,15-18H2,1-7H3,(H,55,56)(H,42,43,46,53)(H2,47,48,49,52,54);8-10,12-13,19-22,24-26,29-30,37-38,55H,11,15-18H2,1-7H3,(H,42,43,46,53)(H2,47,48,49,52,54);1-6H;;1H3/t24-,25+,26+,29+,30+,37+,38+,67?;24-,25+,26+,29+,30+,37+,38+,65?,66?;;;/m00.../s1. The van der Waals surface area contributed by atoms with E-state index in [1.54, 1.807) is 92.9 Å². The maximum absolute atomic E-state index is 15.1. The van der Waals surface area contributed by atoms with E-state index in [2.05, 4.69) is 118 Å². The molecule has 58 heteroatoms. The average molecular weight is 2330 g/mol. The Morgan fingerprint density at radius 2 is 0.889 bits per heavy atom. The van der Waals surface area contributed by atoms with Gasteiger partial charge in [0.2, 0.25) is 23.7 Å². The highest BCUT2D eigenvalue weighted by Gasteiger charge is 2.59. The predicted molar refractivity (Wildman–Crippen MR) is 541 cm³/mol. The molecular formula is C86H111I2N23O27P4Si2. The second kappa shape index (κ2) is 47.8. The van der Waals surface area contributed by atoms with Gasteiger partial charge in [-0.25, -0.2) is 53.6 Å². The van der Waals surface area contributed by atoms with Crippen LogP contribution in [-0.2, 0) is 96.3 Å². The summed E-state index contributed by atoms with van der Waals surface area (Å²) >= 11 is 4.24. The molecule has 8 aromatic heterocycles. The van der Waals surface area contributed by atoms with Gasteiger partial charge in [-0.2, -0.15) is 20.5 Å². The molecule has 6 aliphatic heterocycles. The van der Waals surface area contributed by atoms with Crippen LogP contribution in [0.25, 0.3) is 44.7 Å². The molecule has 6 fully saturated rings. The van der Waals surface area contributed by atoms with E-state index in [4.69, 9.17) is 73.0 Å². The topological polar surface area (TPSA) is 653 Å². The summed E-state index contributed by atoms with van der Waals surface area (Å²) < 4.78 is 150. The van der Waals surface area contributed by atoms with Crippen molar-refractivity contribution in [2.24, 2.45) is 11.8 Å².